The van der Waals surface area contributed by atoms with Gasteiger partial charge in [-0.3, -0.25) is 4.90 Å². The molecule has 2 heterocycles. The van der Waals surface area contributed by atoms with Crippen LogP contribution in [0.5, 0.6) is 0 Å². The first-order valence-electron chi connectivity index (χ1n) is 6.80. The molecule has 4 nitrogen and oxygen atoms in total. The highest BCUT2D eigenvalue weighted by atomic mass is 32.2. The van der Waals surface area contributed by atoms with E-state index >= 15 is 0 Å². The van der Waals surface area contributed by atoms with Gasteiger partial charge in [-0.05, 0) is 29.3 Å². The maximum Gasteiger partial charge on any atom is 0.166 e. The quantitative estimate of drug-likeness (QED) is 0.891. The van der Waals surface area contributed by atoms with Crippen LogP contribution < -0.4 is 5.73 Å². The Morgan fingerprint density at radius 2 is 2.30 bits per heavy atom. The molecule has 0 aliphatic carbocycles. The topological polar surface area (TPSA) is 63.4 Å². The van der Waals surface area contributed by atoms with Gasteiger partial charge in [-0.15, -0.1) is 0 Å². The SMILES string of the molecule is CCS(=O)(=O)C1CSCCN1C(c1ccsc1)C(C)N. The number of thiophene rings is 1. The second-order valence-corrected chi connectivity index (χ2v) is 9.46. The summed E-state index contributed by atoms with van der Waals surface area (Å²) in [6.07, 6.45) is 0. The van der Waals surface area contributed by atoms with E-state index in [1.807, 2.05) is 12.3 Å². The van der Waals surface area contributed by atoms with E-state index in [-0.39, 0.29) is 17.8 Å². The maximum absolute atomic E-state index is 12.4. The summed E-state index contributed by atoms with van der Waals surface area (Å²) in [4.78, 5) is 2.10. The predicted molar refractivity (Wildman–Crippen MR) is 88.0 cm³/mol. The van der Waals surface area contributed by atoms with Gasteiger partial charge in [-0.25, -0.2) is 8.42 Å². The van der Waals surface area contributed by atoms with E-state index in [1.165, 1.54) is 0 Å². The standard InChI is InChI=1S/C13H22N2O2S3/c1-3-20(16,17)12-9-19-7-5-15(12)13(10(2)14)11-4-6-18-8-11/h4,6,8,10,12-13H,3,5,7,9,14H2,1-2H3. The van der Waals surface area contributed by atoms with Crippen molar-refractivity contribution in [1.82, 2.24) is 4.90 Å². The predicted octanol–water partition coefficient (Wildman–Crippen LogP) is 1.95. The Bertz CT molecular complexity index is 514. The van der Waals surface area contributed by atoms with E-state index < -0.39 is 15.2 Å². The zero-order chi connectivity index (χ0) is 14.8. The molecule has 7 heteroatoms. The molecule has 1 aliphatic rings. The molecule has 0 radical (unpaired) electrons. The van der Waals surface area contributed by atoms with Crippen molar-refractivity contribution in [2.75, 3.05) is 23.8 Å². The van der Waals surface area contributed by atoms with Gasteiger partial charge < -0.3 is 5.73 Å². The van der Waals surface area contributed by atoms with Crippen LogP contribution in [0.2, 0.25) is 0 Å². The zero-order valence-corrected chi connectivity index (χ0v) is 14.3. The molecule has 1 aliphatic heterocycles. The minimum atomic E-state index is -3.09. The largest absolute Gasteiger partial charge is 0.326 e. The number of hydrogen-bond donors (Lipinski definition) is 1. The Balaban J connectivity index is 2.34. The molecule has 1 aromatic heterocycles. The zero-order valence-electron chi connectivity index (χ0n) is 11.9. The third-order valence-electron chi connectivity index (χ3n) is 3.68. The van der Waals surface area contributed by atoms with Crippen molar-refractivity contribution in [1.29, 1.82) is 0 Å². The lowest BCUT2D eigenvalue weighted by Gasteiger charge is -2.41. The number of rotatable bonds is 5. The van der Waals surface area contributed by atoms with Gasteiger partial charge in [0.15, 0.2) is 9.84 Å². The Labute approximate surface area is 129 Å². The third-order valence-corrected chi connectivity index (χ3v) is 7.69. The van der Waals surface area contributed by atoms with Crippen LogP contribution in [0.1, 0.15) is 25.5 Å². The van der Waals surface area contributed by atoms with Crippen molar-refractivity contribution in [3.8, 4) is 0 Å². The highest BCUT2D eigenvalue weighted by molar-refractivity contribution is 8.01. The van der Waals surface area contributed by atoms with Crippen molar-refractivity contribution >= 4 is 32.9 Å². The summed E-state index contributed by atoms with van der Waals surface area (Å²) in [5.74, 6) is 1.79. The second-order valence-electron chi connectivity index (χ2n) is 5.08. The van der Waals surface area contributed by atoms with Gasteiger partial charge in [0.25, 0.3) is 0 Å². The lowest BCUT2D eigenvalue weighted by Crippen LogP contribution is -2.52. The lowest BCUT2D eigenvalue weighted by molar-refractivity contribution is 0.172. The lowest BCUT2D eigenvalue weighted by atomic mass is 10.0. The van der Waals surface area contributed by atoms with Gasteiger partial charge in [0.2, 0.25) is 0 Å². The first kappa shape index (κ1) is 16.3. The second kappa shape index (κ2) is 6.79. The van der Waals surface area contributed by atoms with Crippen molar-refractivity contribution < 1.29 is 8.42 Å². The summed E-state index contributed by atoms with van der Waals surface area (Å²) in [7, 11) is -3.09. The Kier molecular flexibility index (Phi) is 5.53. The van der Waals surface area contributed by atoms with Crippen molar-refractivity contribution in [3.63, 3.8) is 0 Å². The van der Waals surface area contributed by atoms with Crippen molar-refractivity contribution in [2.45, 2.75) is 31.3 Å². The van der Waals surface area contributed by atoms with E-state index in [4.69, 9.17) is 5.73 Å². The first-order valence-corrected chi connectivity index (χ1v) is 10.6. The van der Waals surface area contributed by atoms with Crippen LogP contribution in [0.3, 0.4) is 0 Å². The maximum atomic E-state index is 12.4. The number of thioether (sulfide) groups is 1. The summed E-state index contributed by atoms with van der Waals surface area (Å²) in [5.41, 5.74) is 7.30. The molecule has 0 amide bonds. The molecule has 0 spiro atoms. The van der Waals surface area contributed by atoms with Gasteiger partial charge in [-0.2, -0.15) is 23.1 Å². The summed E-state index contributed by atoms with van der Waals surface area (Å²) in [6, 6.07) is 1.94. The van der Waals surface area contributed by atoms with E-state index in [2.05, 4.69) is 16.3 Å². The molecule has 1 fully saturated rings. The molecule has 3 atom stereocenters. The van der Waals surface area contributed by atoms with Crippen LogP contribution in [0.25, 0.3) is 0 Å². The van der Waals surface area contributed by atoms with Gasteiger partial charge in [-0.1, -0.05) is 6.92 Å². The minimum Gasteiger partial charge on any atom is -0.326 e. The van der Waals surface area contributed by atoms with E-state index in [9.17, 15) is 8.42 Å². The van der Waals surface area contributed by atoms with E-state index in [1.54, 1.807) is 30.0 Å². The van der Waals surface area contributed by atoms with Gasteiger partial charge in [0.1, 0.15) is 5.37 Å². The molecule has 114 valence electrons. The van der Waals surface area contributed by atoms with Gasteiger partial charge in [0, 0.05) is 29.8 Å². The highest BCUT2D eigenvalue weighted by Gasteiger charge is 2.38. The number of nitrogens with zero attached hydrogens (tertiary/aromatic N) is 1. The fourth-order valence-electron chi connectivity index (χ4n) is 2.65. The molecule has 0 aromatic carbocycles. The average Bonchev–Trinajstić information content (AvgIpc) is 2.93. The molecule has 0 saturated carbocycles. The summed E-state index contributed by atoms with van der Waals surface area (Å²) >= 11 is 3.34. The number of sulfone groups is 1. The normalized spacial score (nSPS) is 24.4. The highest BCUT2D eigenvalue weighted by Crippen LogP contribution is 2.33. The van der Waals surface area contributed by atoms with Gasteiger partial charge >= 0.3 is 0 Å². The van der Waals surface area contributed by atoms with Crippen LogP contribution in [0, 0.1) is 0 Å². The third kappa shape index (κ3) is 3.39. The van der Waals surface area contributed by atoms with E-state index in [0.29, 0.717) is 5.75 Å². The average molecular weight is 335 g/mol. The fourth-order valence-corrected chi connectivity index (χ4v) is 6.40. The number of nitrogens with two attached hydrogens (primary N) is 1. The molecule has 2 N–H and O–H groups in total. The van der Waals surface area contributed by atoms with Crippen LogP contribution >= 0.6 is 23.1 Å². The smallest absolute Gasteiger partial charge is 0.166 e. The summed E-state index contributed by atoms with van der Waals surface area (Å²) < 4.78 is 24.7. The Hall–Kier alpha value is -0.0800. The molecule has 3 unspecified atom stereocenters. The minimum absolute atomic E-state index is 0.0199. The fraction of sp³-hybridized carbons (Fsp3) is 0.692. The molecule has 1 saturated heterocycles. The molecular formula is C13H22N2O2S3. The molecule has 2 rings (SSSR count). The monoisotopic (exact) mass is 334 g/mol. The Morgan fingerprint density at radius 3 is 2.85 bits per heavy atom. The number of hydrogen-bond acceptors (Lipinski definition) is 6. The van der Waals surface area contributed by atoms with Crippen LogP contribution in [-0.2, 0) is 9.84 Å². The van der Waals surface area contributed by atoms with Crippen LogP contribution in [0.4, 0.5) is 0 Å². The molecule has 1 aromatic rings. The van der Waals surface area contributed by atoms with E-state index in [0.717, 1.165) is 17.9 Å². The van der Waals surface area contributed by atoms with Crippen LogP contribution in [-0.4, -0.2) is 48.5 Å². The summed E-state index contributed by atoms with van der Waals surface area (Å²) in [5, 5.41) is 3.68. The van der Waals surface area contributed by atoms with Crippen molar-refractivity contribution in [3.05, 3.63) is 22.4 Å². The van der Waals surface area contributed by atoms with Crippen molar-refractivity contribution in [2.24, 2.45) is 5.73 Å². The van der Waals surface area contributed by atoms with Gasteiger partial charge in [0.05, 0.1) is 6.04 Å². The summed E-state index contributed by atoms with van der Waals surface area (Å²) in [6.45, 7) is 4.45. The molecule has 20 heavy (non-hydrogen) atoms. The first-order chi connectivity index (χ1) is 9.47. The molecular weight excluding hydrogens is 312 g/mol. The molecule has 0 bridgehead atoms. The van der Waals surface area contributed by atoms with Crippen LogP contribution in [0.15, 0.2) is 16.8 Å². The Morgan fingerprint density at radius 1 is 1.55 bits per heavy atom.